The lowest BCUT2D eigenvalue weighted by Gasteiger charge is -2.35. The number of esters is 1. The van der Waals surface area contributed by atoms with Crippen molar-refractivity contribution >= 4 is 38.6 Å². The molecule has 0 radical (unpaired) electrons. The number of nitrogens with zero attached hydrogens (tertiary/aromatic N) is 1. The Bertz CT molecular complexity index is 888. The van der Waals surface area contributed by atoms with E-state index in [0.717, 1.165) is 15.8 Å². The molecule has 1 aliphatic carbocycles. The van der Waals surface area contributed by atoms with E-state index >= 15 is 0 Å². The molecule has 1 saturated carbocycles. The zero-order valence-corrected chi connectivity index (χ0v) is 15.0. The molecule has 1 amide bonds. The number of ether oxygens (including phenoxy) is 1. The fourth-order valence-electron chi connectivity index (χ4n) is 4.08. The lowest BCUT2D eigenvalue weighted by Crippen LogP contribution is -2.50. The molecular weight excluding hydrogens is 324 g/mol. The number of benzene rings is 1. The third kappa shape index (κ3) is 1.67. The first kappa shape index (κ1) is 15.6. The smallest absolute Gasteiger partial charge is 0.313 e. The summed E-state index contributed by atoms with van der Waals surface area (Å²) in [6, 6.07) is 5.96. The lowest BCUT2D eigenvalue weighted by atomic mass is 9.66. The van der Waals surface area contributed by atoms with Crippen LogP contribution in [-0.4, -0.2) is 22.5 Å². The number of aryl methyl sites for hydroxylation is 1. The molecule has 1 saturated heterocycles. The Balaban J connectivity index is 1.69. The van der Waals surface area contributed by atoms with Gasteiger partial charge in [0.2, 0.25) is 0 Å². The maximum absolute atomic E-state index is 13.0. The molecule has 2 fully saturated rings. The summed E-state index contributed by atoms with van der Waals surface area (Å²) in [4.78, 5) is 29.9. The van der Waals surface area contributed by atoms with Crippen LogP contribution < -0.4 is 5.32 Å². The molecule has 2 heterocycles. The van der Waals surface area contributed by atoms with E-state index < -0.39 is 16.4 Å². The summed E-state index contributed by atoms with van der Waals surface area (Å²) >= 11 is 1.44. The minimum atomic E-state index is -1.11. The van der Waals surface area contributed by atoms with Crippen LogP contribution in [0, 0.1) is 17.8 Å². The maximum Gasteiger partial charge on any atom is 0.313 e. The van der Waals surface area contributed by atoms with E-state index in [1.807, 2.05) is 45.9 Å². The number of carbonyl (C=O) groups excluding carboxylic acids is 2. The van der Waals surface area contributed by atoms with Crippen molar-refractivity contribution in [2.24, 2.45) is 10.8 Å². The summed E-state index contributed by atoms with van der Waals surface area (Å²) in [5, 5.41) is 3.45. The highest BCUT2D eigenvalue weighted by Gasteiger charge is 2.75. The molecule has 1 aromatic carbocycles. The van der Waals surface area contributed by atoms with Crippen molar-refractivity contribution in [1.29, 1.82) is 0 Å². The second-order valence-corrected chi connectivity index (χ2v) is 8.60. The van der Waals surface area contributed by atoms with E-state index in [-0.39, 0.29) is 11.9 Å². The number of nitrogens with one attached hydrogen (secondary N) is 1. The first-order valence-corrected chi connectivity index (χ1v) is 8.94. The molecule has 4 rings (SSSR count). The molecule has 1 aromatic heterocycles. The van der Waals surface area contributed by atoms with Crippen LogP contribution >= 0.6 is 11.3 Å². The molecule has 2 aromatic rings. The predicted octanol–water partition coefficient (Wildman–Crippen LogP) is 3.67. The SMILES string of the molecule is Cc1cccc2sc(NC(=O)[C@@]34CC[C@@](C)(C(=O)O3)C4(C)C)nc12. The molecule has 0 spiro atoms. The molecule has 1 aliphatic heterocycles. The molecule has 6 heteroatoms. The summed E-state index contributed by atoms with van der Waals surface area (Å²) in [5.41, 5.74) is -0.286. The Kier molecular flexibility index (Phi) is 2.96. The van der Waals surface area contributed by atoms with E-state index in [9.17, 15) is 9.59 Å². The van der Waals surface area contributed by atoms with E-state index in [1.165, 1.54) is 11.3 Å². The first-order valence-electron chi connectivity index (χ1n) is 8.12. The van der Waals surface area contributed by atoms with Crippen LogP contribution in [0.2, 0.25) is 0 Å². The van der Waals surface area contributed by atoms with Gasteiger partial charge >= 0.3 is 5.97 Å². The van der Waals surface area contributed by atoms with Crippen molar-refractivity contribution in [3.8, 4) is 0 Å². The van der Waals surface area contributed by atoms with E-state index in [0.29, 0.717) is 18.0 Å². The zero-order chi connectivity index (χ0) is 17.3. The summed E-state index contributed by atoms with van der Waals surface area (Å²) in [7, 11) is 0. The van der Waals surface area contributed by atoms with Crippen molar-refractivity contribution in [3.63, 3.8) is 0 Å². The highest BCUT2D eigenvalue weighted by Crippen LogP contribution is 2.65. The largest absolute Gasteiger partial charge is 0.448 e. The number of rotatable bonds is 2. The van der Waals surface area contributed by atoms with Gasteiger partial charge in [0, 0.05) is 5.41 Å². The minimum absolute atomic E-state index is 0.265. The number of fused-ring (bicyclic) bond motifs is 3. The van der Waals surface area contributed by atoms with Crippen LogP contribution in [0.15, 0.2) is 18.2 Å². The first-order chi connectivity index (χ1) is 11.2. The van der Waals surface area contributed by atoms with E-state index in [4.69, 9.17) is 4.74 Å². The topological polar surface area (TPSA) is 68.3 Å². The standard InChI is InChI=1S/C18H20N2O3S/c1-10-6-5-7-11-12(10)19-15(24-11)20-13(21)18-9-8-17(4,14(22)23-18)16(18,2)3/h5-7H,8-9H2,1-4H3,(H,19,20,21)/t17-,18+/m0/s1. The van der Waals surface area contributed by atoms with Crippen molar-refractivity contribution in [2.45, 2.75) is 46.1 Å². The monoisotopic (exact) mass is 344 g/mol. The molecule has 5 nitrogen and oxygen atoms in total. The van der Waals surface area contributed by atoms with Gasteiger partial charge in [0.1, 0.15) is 0 Å². The van der Waals surface area contributed by atoms with Crippen molar-refractivity contribution in [1.82, 2.24) is 4.98 Å². The van der Waals surface area contributed by atoms with Crippen LogP contribution in [0.25, 0.3) is 10.2 Å². The Morgan fingerprint density at radius 2 is 2.04 bits per heavy atom. The number of aromatic nitrogens is 1. The molecule has 0 unspecified atom stereocenters. The molecule has 126 valence electrons. The van der Waals surface area contributed by atoms with Gasteiger partial charge in [-0.1, -0.05) is 37.3 Å². The quantitative estimate of drug-likeness (QED) is 0.844. The van der Waals surface area contributed by atoms with Crippen molar-refractivity contribution in [2.75, 3.05) is 5.32 Å². The second kappa shape index (κ2) is 4.57. The van der Waals surface area contributed by atoms with Gasteiger partial charge in [-0.05, 0) is 38.3 Å². The van der Waals surface area contributed by atoms with Crippen molar-refractivity contribution in [3.05, 3.63) is 23.8 Å². The van der Waals surface area contributed by atoms with Crippen LogP contribution in [0.4, 0.5) is 5.13 Å². The average molecular weight is 344 g/mol. The fraction of sp³-hybridized carbons (Fsp3) is 0.500. The van der Waals surface area contributed by atoms with Gasteiger partial charge in [-0.2, -0.15) is 0 Å². The van der Waals surface area contributed by atoms with Gasteiger partial charge < -0.3 is 4.74 Å². The van der Waals surface area contributed by atoms with Crippen molar-refractivity contribution < 1.29 is 14.3 Å². The maximum atomic E-state index is 13.0. The molecule has 1 N–H and O–H groups in total. The van der Waals surface area contributed by atoms with Gasteiger partial charge in [-0.3, -0.25) is 14.9 Å². The molecular formula is C18H20N2O3S. The summed E-state index contributed by atoms with van der Waals surface area (Å²) < 4.78 is 6.65. The van der Waals surface area contributed by atoms with Crippen LogP contribution in [0.5, 0.6) is 0 Å². The highest BCUT2D eigenvalue weighted by molar-refractivity contribution is 7.22. The third-order valence-electron chi connectivity index (χ3n) is 6.29. The Morgan fingerprint density at radius 1 is 1.29 bits per heavy atom. The number of anilines is 1. The summed E-state index contributed by atoms with van der Waals surface area (Å²) in [5.74, 6) is -0.534. The van der Waals surface area contributed by atoms with E-state index in [1.54, 1.807) is 0 Å². The number of hydrogen-bond donors (Lipinski definition) is 1. The Morgan fingerprint density at radius 3 is 2.62 bits per heavy atom. The summed E-state index contributed by atoms with van der Waals surface area (Å²) in [6.07, 6.45) is 1.23. The lowest BCUT2D eigenvalue weighted by molar-refractivity contribution is -0.165. The summed E-state index contributed by atoms with van der Waals surface area (Å²) in [6.45, 7) is 7.80. The highest BCUT2D eigenvalue weighted by atomic mass is 32.1. The van der Waals surface area contributed by atoms with Crippen LogP contribution in [0.1, 0.15) is 39.2 Å². The molecule has 24 heavy (non-hydrogen) atoms. The normalized spacial score (nSPS) is 30.6. The number of hydrogen-bond acceptors (Lipinski definition) is 5. The predicted molar refractivity (Wildman–Crippen MR) is 92.9 cm³/mol. The number of carbonyl (C=O) groups is 2. The van der Waals surface area contributed by atoms with Gasteiger partial charge in [0.25, 0.3) is 5.91 Å². The van der Waals surface area contributed by atoms with Gasteiger partial charge in [-0.25, -0.2) is 4.98 Å². The molecule has 2 bridgehead atoms. The van der Waals surface area contributed by atoms with Gasteiger partial charge in [0.05, 0.1) is 15.6 Å². The zero-order valence-electron chi connectivity index (χ0n) is 14.2. The van der Waals surface area contributed by atoms with Gasteiger partial charge in [0.15, 0.2) is 10.7 Å². The Labute approximate surface area is 144 Å². The van der Waals surface area contributed by atoms with Gasteiger partial charge in [-0.15, -0.1) is 0 Å². The second-order valence-electron chi connectivity index (χ2n) is 7.57. The number of amides is 1. The van der Waals surface area contributed by atoms with E-state index in [2.05, 4.69) is 10.3 Å². The average Bonchev–Trinajstić information content (AvgIpc) is 3.05. The molecule has 2 atom stereocenters. The molecule has 2 aliphatic rings. The Hall–Kier alpha value is -1.95. The fourth-order valence-corrected chi connectivity index (χ4v) is 5.02. The number of para-hydroxylation sites is 1. The number of thiazole rings is 1. The van der Waals surface area contributed by atoms with Crippen LogP contribution in [-0.2, 0) is 14.3 Å². The third-order valence-corrected chi connectivity index (χ3v) is 7.23. The van der Waals surface area contributed by atoms with Crippen LogP contribution in [0.3, 0.4) is 0 Å². The minimum Gasteiger partial charge on any atom is -0.448 e.